The SMILES string of the molecule is O=[N+]([O-])c1cc(NC(=S)Nc2ccc(Cl)c(Cl)c2)cc(Oc2ccc(Cl)cc2)c1. The number of non-ortho nitro benzene ring substituents is 1. The van der Waals surface area contributed by atoms with Crippen LogP contribution >= 0.6 is 47.0 Å². The zero-order valence-electron chi connectivity index (χ0n) is 14.5. The number of hydrogen-bond donors (Lipinski definition) is 2. The summed E-state index contributed by atoms with van der Waals surface area (Å²) in [6.07, 6.45) is 0. The van der Waals surface area contributed by atoms with E-state index in [1.165, 1.54) is 12.1 Å². The van der Waals surface area contributed by atoms with Crippen molar-refractivity contribution >= 4 is 69.2 Å². The zero-order chi connectivity index (χ0) is 21.0. The van der Waals surface area contributed by atoms with Gasteiger partial charge < -0.3 is 15.4 Å². The monoisotopic (exact) mass is 467 g/mol. The van der Waals surface area contributed by atoms with Crippen LogP contribution in [0, 0.1) is 10.1 Å². The van der Waals surface area contributed by atoms with Crippen molar-refractivity contribution in [2.45, 2.75) is 0 Å². The van der Waals surface area contributed by atoms with Crippen molar-refractivity contribution in [3.8, 4) is 11.5 Å². The number of thiocarbonyl (C=S) groups is 1. The van der Waals surface area contributed by atoms with Gasteiger partial charge in [-0.25, -0.2) is 0 Å². The highest BCUT2D eigenvalue weighted by Gasteiger charge is 2.13. The molecule has 0 aromatic heterocycles. The second-order valence-electron chi connectivity index (χ2n) is 5.74. The molecule has 2 N–H and O–H groups in total. The predicted octanol–water partition coefficient (Wildman–Crippen LogP) is 7.16. The van der Waals surface area contributed by atoms with Gasteiger partial charge in [-0.2, -0.15) is 0 Å². The first-order chi connectivity index (χ1) is 13.8. The summed E-state index contributed by atoms with van der Waals surface area (Å²) in [5, 5.41) is 18.7. The van der Waals surface area contributed by atoms with Gasteiger partial charge in [0.2, 0.25) is 0 Å². The number of benzene rings is 3. The minimum absolute atomic E-state index is 0.156. The van der Waals surface area contributed by atoms with Crippen LogP contribution in [-0.4, -0.2) is 10.0 Å². The van der Waals surface area contributed by atoms with Gasteiger partial charge >= 0.3 is 0 Å². The predicted molar refractivity (Wildman–Crippen MR) is 121 cm³/mol. The van der Waals surface area contributed by atoms with Crippen molar-refractivity contribution in [2.75, 3.05) is 10.6 Å². The van der Waals surface area contributed by atoms with E-state index in [1.807, 2.05) is 0 Å². The minimum atomic E-state index is -0.519. The molecule has 0 atom stereocenters. The fourth-order valence-electron chi connectivity index (χ4n) is 2.33. The number of anilines is 2. The van der Waals surface area contributed by atoms with E-state index in [-0.39, 0.29) is 16.5 Å². The molecule has 0 aliphatic rings. The summed E-state index contributed by atoms with van der Waals surface area (Å²) in [6.45, 7) is 0. The van der Waals surface area contributed by atoms with Crippen LogP contribution in [0.3, 0.4) is 0 Å². The molecule has 3 aromatic rings. The van der Waals surface area contributed by atoms with E-state index in [9.17, 15) is 10.1 Å². The lowest BCUT2D eigenvalue weighted by molar-refractivity contribution is -0.384. The van der Waals surface area contributed by atoms with Gasteiger partial charge in [-0.1, -0.05) is 34.8 Å². The Hall–Kier alpha value is -2.58. The molecule has 148 valence electrons. The number of halogens is 3. The smallest absolute Gasteiger partial charge is 0.275 e. The number of rotatable bonds is 5. The molecule has 0 radical (unpaired) electrons. The molecule has 3 aromatic carbocycles. The summed E-state index contributed by atoms with van der Waals surface area (Å²) in [5.41, 5.74) is 0.831. The first kappa shape index (κ1) is 21.1. The standard InChI is InChI=1S/C19H12Cl3N3O3S/c20-11-1-4-15(5-2-11)28-16-8-13(7-14(10-16)25(26)27)24-19(29)23-12-3-6-17(21)18(22)9-12/h1-10H,(H2,23,24,29). The highest BCUT2D eigenvalue weighted by molar-refractivity contribution is 7.80. The van der Waals surface area contributed by atoms with Crippen molar-refractivity contribution in [2.24, 2.45) is 0 Å². The summed E-state index contributed by atoms with van der Waals surface area (Å²) in [5.74, 6) is 0.749. The highest BCUT2D eigenvalue weighted by Crippen LogP contribution is 2.31. The molecule has 0 saturated heterocycles. The molecule has 0 aliphatic carbocycles. The third kappa shape index (κ3) is 5.95. The zero-order valence-corrected chi connectivity index (χ0v) is 17.6. The Bertz CT molecular complexity index is 1080. The topological polar surface area (TPSA) is 76.4 Å². The van der Waals surface area contributed by atoms with E-state index in [2.05, 4.69) is 10.6 Å². The van der Waals surface area contributed by atoms with Gasteiger partial charge in [0.15, 0.2) is 5.11 Å². The lowest BCUT2D eigenvalue weighted by Crippen LogP contribution is -2.19. The quantitative estimate of drug-likeness (QED) is 0.235. The normalized spacial score (nSPS) is 10.3. The summed E-state index contributed by atoms with van der Waals surface area (Å²) < 4.78 is 5.69. The van der Waals surface area contributed by atoms with E-state index in [0.29, 0.717) is 32.2 Å². The molecule has 3 rings (SSSR count). The molecule has 0 amide bonds. The molecule has 0 saturated carbocycles. The third-order valence-electron chi connectivity index (χ3n) is 3.59. The van der Waals surface area contributed by atoms with Crippen molar-refractivity contribution in [3.05, 3.63) is 85.8 Å². The lowest BCUT2D eigenvalue weighted by atomic mass is 10.2. The molecule has 10 heteroatoms. The van der Waals surface area contributed by atoms with E-state index in [1.54, 1.807) is 48.5 Å². The Kier molecular flexibility index (Phi) is 6.76. The Balaban J connectivity index is 1.79. The fraction of sp³-hybridized carbons (Fsp3) is 0. The van der Waals surface area contributed by atoms with Crippen LogP contribution in [0.25, 0.3) is 0 Å². The van der Waals surface area contributed by atoms with Gasteiger partial charge in [0.1, 0.15) is 11.5 Å². The van der Waals surface area contributed by atoms with Crippen LogP contribution in [-0.2, 0) is 0 Å². The van der Waals surface area contributed by atoms with Gasteiger partial charge in [0.25, 0.3) is 5.69 Å². The summed E-state index contributed by atoms with van der Waals surface area (Å²) in [7, 11) is 0. The average molecular weight is 469 g/mol. The Morgan fingerprint density at radius 2 is 1.55 bits per heavy atom. The molecule has 0 bridgehead atoms. The van der Waals surface area contributed by atoms with Gasteiger partial charge in [-0.15, -0.1) is 0 Å². The molecule has 0 heterocycles. The molecule has 0 unspecified atom stereocenters. The van der Waals surface area contributed by atoms with Gasteiger partial charge in [-0.3, -0.25) is 10.1 Å². The minimum Gasteiger partial charge on any atom is -0.457 e. The average Bonchev–Trinajstić information content (AvgIpc) is 2.66. The number of ether oxygens (including phenoxy) is 1. The van der Waals surface area contributed by atoms with Crippen LogP contribution in [0.2, 0.25) is 15.1 Å². The molecule has 29 heavy (non-hydrogen) atoms. The largest absolute Gasteiger partial charge is 0.457 e. The maximum atomic E-state index is 11.3. The lowest BCUT2D eigenvalue weighted by Gasteiger charge is -2.13. The van der Waals surface area contributed by atoms with Crippen molar-refractivity contribution in [1.29, 1.82) is 0 Å². The number of nitro benzene ring substituents is 1. The van der Waals surface area contributed by atoms with E-state index in [4.69, 9.17) is 51.8 Å². The maximum Gasteiger partial charge on any atom is 0.275 e. The Morgan fingerprint density at radius 1 is 0.862 bits per heavy atom. The molecule has 6 nitrogen and oxygen atoms in total. The fourth-order valence-corrected chi connectivity index (χ4v) is 2.99. The maximum absolute atomic E-state index is 11.3. The first-order valence-corrected chi connectivity index (χ1v) is 9.60. The summed E-state index contributed by atoms with van der Waals surface area (Å²) in [6, 6.07) is 15.8. The summed E-state index contributed by atoms with van der Waals surface area (Å²) in [4.78, 5) is 10.8. The molecule has 0 spiro atoms. The second kappa shape index (κ2) is 9.28. The molecular formula is C19H12Cl3N3O3S. The van der Waals surface area contributed by atoms with Gasteiger partial charge in [-0.05, 0) is 54.7 Å². The van der Waals surface area contributed by atoms with Crippen molar-refractivity contribution < 1.29 is 9.66 Å². The second-order valence-corrected chi connectivity index (χ2v) is 7.40. The first-order valence-electron chi connectivity index (χ1n) is 8.06. The van der Waals surface area contributed by atoms with Crippen molar-refractivity contribution in [1.82, 2.24) is 0 Å². The summed E-state index contributed by atoms with van der Waals surface area (Å²) >= 11 is 23.0. The van der Waals surface area contributed by atoms with Crippen molar-refractivity contribution in [3.63, 3.8) is 0 Å². The van der Waals surface area contributed by atoms with Crippen LogP contribution in [0.4, 0.5) is 17.1 Å². The van der Waals surface area contributed by atoms with Gasteiger partial charge in [0.05, 0.1) is 26.7 Å². The highest BCUT2D eigenvalue weighted by atomic mass is 35.5. The number of hydrogen-bond acceptors (Lipinski definition) is 4. The van der Waals surface area contributed by atoms with E-state index >= 15 is 0 Å². The number of nitrogens with zero attached hydrogens (tertiary/aromatic N) is 1. The molecule has 0 aliphatic heterocycles. The van der Waals surface area contributed by atoms with Crippen LogP contribution in [0.15, 0.2) is 60.7 Å². The Labute approximate surface area is 186 Å². The number of nitro groups is 1. The van der Waals surface area contributed by atoms with E-state index < -0.39 is 4.92 Å². The van der Waals surface area contributed by atoms with Crippen LogP contribution in [0.5, 0.6) is 11.5 Å². The molecular weight excluding hydrogens is 457 g/mol. The van der Waals surface area contributed by atoms with E-state index in [0.717, 1.165) is 0 Å². The van der Waals surface area contributed by atoms with Crippen LogP contribution in [0.1, 0.15) is 0 Å². The molecule has 0 fully saturated rings. The number of nitrogens with one attached hydrogen (secondary N) is 2. The van der Waals surface area contributed by atoms with Crippen LogP contribution < -0.4 is 15.4 Å². The van der Waals surface area contributed by atoms with Gasteiger partial charge in [0, 0.05) is 22.8 Å². The third-order valence-corrected chi connectivity index (χ3v) is 4.78. The Morgan fingerprint density at radius 3 is 2.21 bits per heavy atom.